The number of hydrogen-bond donors (Lipinski definition) is 1. The lowest BCUT2D eigenvalue weighted by Crippen LogP contribution is -2.15. The van der Waals surface area contributed by atoms with E-state index in [0.29, 0.717) is 32.8 Å². The van der Waals surface area contributed by atoms with Crippen LogP contribution in [0.1, 0.15) is 48.4 Å². The summed E-state index contributed by atoms with van der Waals surface area (Å²) in [4.78, 5) is 23.4. The highest BCUT2D eigenvalue weighted by molar-refractivity contribution is 9.10. The SMILES string of the molecule is CC(C)Oc1cc(C(=O)Nc2ccc(C=O)cc2)cc(OC(C)C)c1Br. The van der Waals surface area contributed by atoms with E-state index in [9.17, 15) is 9.59 Å². The number of amides is 1. The molecule has 0 aliphatic carbocycles. The second kappa shape index (κ2) is 8.85. The van der Waals surface area contributed by atoms with Crippen molar-refractivity contribution in [2.45, 2.75) is 39.9 Å². The molecule has 138 valence electrons. The zero-order valence-electron chi connectivity index (χ0n) is 15.2. The number of ether oxygens (including phenoxy) is 2. The standard InChI is InChI=1S/C20H22BrNO4/c1-12(2)25-17-9-15(10-18(19(17)21)26-13(3)4)20(24)22-16-7-5-14(11-23)6-8-16/h5-13H,1-4H3,(H,22,24). The van der Waals surface area contributed by atoms with Crippen LogP contribution in [0.5, 0.6) is 11.5 Å². The first-order chi connectivity index (χ1) is 12.3. The third-order valence-electron chi connectivity index (χ3n) is 3.30. The van der Waals surface area contributed by atoms with E-state index in [1.807, 2.05) is 27.7 Å². The first-order valence-corrected chi connectivity index (χ1v) is 9.13. The fourth-order valence-corrected chi connectivity index (χ4v) is 2.65. The second-order valence-electron chi connectivity index (χ2n) is 6.31. The maximum Gasteiger partial charge on any atom is 0.255 e. The van der Waals surface area contributed by atoms with Crippen molar-refractivity contribution in [1.29, 1.82) is 0 Å². The molecule has 0 fully saturated rings. The molecule has 0 unspecified atom stereocenters. The van der Waals surface area contributed by atoms with Crippen LogP contribution in [-0.4, -0.2) is 24.4 Å². The minimum absolute atomic E-state index is 0.0487. The number of carbonyl (C=O) groups excluding carboxylic acids is 2. The first kappa shape index (κ1) is 20.0. The average molecular weight is 420 g/mol. The van der Waals surface area contributed by atoms with Gasteiger partial charge in [-0.25, -0.2) is 0 Å². The molecule has 1 amide bonds. The summed E-state index contributed by atoms with van der Waals surface area (Å²) >= 11 is 3.49. The molecule has 0 saturated carbocycles. The predicted molar refractivity (Wildman–Crippen MR) is 105 cm³/mol. The third-order valence-corrected chi connectivity index (χ3v) is 4.08. The van der Waals surface area contributed by atoms with Crippen molar-refractivity contribution in [2.75, 3.05) is 5.32 Å². The van der Waals surface area contributed by atoms with Gasteiger partial charge in [0.2, 0.25) is 0 Å². The molecule has 0 radical (unpaired) electrons. The molecule has 6 heteroatoms. The zero-order valence-corrected chi connectivity index (χ0v) is 16.8. The topological polar surface area (TPSA) is 64.6 Å². The largest absolute Gasteiger partial charge is 0.490 e. The van der Waals surface area contributed by atoms with Crippen molar-refractivity contribution in [2.24, 2.45) is 0 Å². The van der Waals surface area contributed by atoms with Crippen LogP contribution in [0.4, 0.5) is 5.69 Å². The third kappa shape index (κ3) is 5.33. The van der Waals surface area contributed by atoms with Crippen LogP contribution in [0.15, 0.2) is 40.9 Å². The van der Waals surface area contributed by atoms with Crippen molar-refractivity contribution < 1.29 is 19.1 Å². The number of anilines is 1. The lowest BCUT2D eigenvalue weighted by molar-refractivity contribution is 0.102. The van der Waals surface area contributed by atoms with E-state index in [1.54, 1.807) is 36.4 Å². The molecule has 0 bridgehead atoms. The van der Waals surface area contributed by atoms with Gasteiger partial charge in [0.05, 0.1) is 12.2 Å². The van der Waals surface area contributed by atoms with Crippen molar-refractivity contribution in [1.82, 2.24) is 0 Å². The van der Waals surface area contributed by atoms with Crippen molar-refractivity contribution in [3.05, 3.63) is 52.0 Å². The Balaban J connectivity index is 2.32. The Kier molecular flexibility index (Phi) is 6.80. The molecular weight excluding hydrogens is 398 g/mol. The molecule has 0 aliphatic rings. The molecule has 2 aromatic carbocycles. The number of rotatable bonds is 7. The molecule has 0 atom stereocenters. The maximum atomic E-state index is 12.6. The summed E-state index contributed by atoms with van der Waals surface area (Å²) in [5, 5.41) is 2.81. The van der Waals surface area contributed by atoms with E-state index in [-0.39, 0.29) is 18.1 Å². The fraction of sp³-hybridized carbons (Fsp3) is 0.300. The van der Waals surface area contributed by atoms with Gasteiger partial charge in [-0.3, -0.25) is 9.59 Å². The quantitative estimate of drug-likeness (QED) is 0.634. The van der Waals surface area contributed by atoms with E-state index in [2.05, 4.69) is 21.2 Å². The summed E-state index contributed by atoms with van der Waals surface area (Å²) in [6.07, 6.45) is 0.658. The fourth-order valence-electron chi connectivity index (χ4n) is 2.23. The lowest BCUT2D eigenvalue weighted by Gasteiger charge is -2.18. The molecule has 0 spiro atoms. The van der Waals surface area contributed by atoms with Crippen LogP contribution in [0.25, 0.3) is 0 Å². The lowest BCUT2D eigenvalue weighted by atomic mass is 10.1. The van der Waals surface area contributed by atoms with Gasteiger partial charge in [-0.1, -0.05) is 0 Å². The highest BCUT2D eigenvalue weighted by Crippen LogP contribution is 2.37. The van der Waals surface area contributed by atoms with E-state index in [0.717, 1.165) is 6.29 Å². The van der Waals surface area contributed by atoms with Crippen molar-refractivity contribution in [3.8, 4) is 11.5 Å². The first-order valence-electron chi connectivity index (χ1n) is 8.33. The van der Waals surface area contributed by atoms with Gasteiger partial charge in [-0.2, -0.15) is 0 Å². The Morgan fingerprint density at radius 1 is 1.00 bits per heavy atom. The zero-order chi connectivity index (χ0) is 19.3. The van der Waals surface area contributed by atoms with Crippen LogP contribution in [0.2, 0.25) is 0 Å². The highest BCUT2D eigenvalue weighted by Gasteiger charge is 2.17. The Hall–Kier alpha value is -2.34. The van der Waals surface area contributed by atoms with Gasteiger partial charge in [0, 0.05) is 16.8 Å². The molecule has 26 heavy (non-hydrogen) atoms. The van der Waals surface area contributed by atoms with Gasteiger partial charge in [0.1, 0.15) is 22.3 Å². The van der Waals surface area contributed by atoms with Gasteiger partial charge >= 0.3 is 0 Å². The van der Waals surface area contributed by atoms with Crippen LogP contribution < -0.4 is 14.8 Å². The number of halogens is 1. The van der Waals surface area contributed by atoms with Crippen molar-refractivity contribution in [3.63, 3.8) is 0 Å². The van der Waals surface area contributed by atoms with Gasteiger partial charge in [-0.05, 0) is 80.0 Å². The summed E-state index contributed by atoms with van der Waals surface area (Å²) in [6, 6.07) is 9.99. The van der Waals surface area contributed by atoms with E-state index >= 15 is 0 Å². The summed E-state index contributed by atoms with van der Waals surface area (Å²) in [5.41, 5.74) is 1.56. The van der Waals surface area contributed by atoms with Gasteiger partial charge in [-0.15, -0.1) is 0 Å². The number of benzene rings is 2. The molecule has 0 aliphatic heterocycles. The van der Waals surface area contributed by atoms with E-state index in [4.69, 9.17) is 9.47 Å². The van der Waals surface area contributed by atoms with Crippen LogP contribution >= 0.6 is 15.9 Å². The molecular formula is C20H22BrNO4. The predicted octanol–water partition coefficient (Wildman–Crippen LogP) is 5.09. The molecule has 0 aromatic heterocycles. The number of aldehydes is 1. The molecule has 1 N–H and O–H groups in total. The summed E-state index contributed by atoms with van der Waals surface area (Å²) in [6.45, 7) is 7.65. The Bertz CT molecular complexity index is 754. The Morgan fingerprint density at radius 2 is 1.50 bits per heavy atom. The molecule has 2 aromatic rings. The molecule has 5 nitrogen and oxygen atoms in total. The smallest absolute Gasteiger partial charge is 0.255 e. The van der Waals surface area contributed by atoms with Gasteiger partial charge in [0.15, 0.2) is 0 Å². The Morgan fingerprint density at radius 3 is 1.92 bits per heavy atom. The minimum atomic E-state index is -0.293. The van der Waals surface area contributed by atoms with Crippen molar-refractivity contribution >= 4 is 33.8 Å². The summed E-state index contributed by atoms with van der Waals surface area (Å²) < 4.78 is 12.3. The minimum Gasteiger partial charge on any atom is -0.490 e. The van der Waals surface area contributed by atoms with Crippen LogP contribution in [-0.2, 0) is 0 Å². The highest BCUT2D eigenvalue weighted by atomic mass is 79.9. The summed E-state index contributed by atoms with van der Waals surface area (Å²) in [5.74, 6) is 0.790. The Labute approximate surface area is 161 Å². The number of hydrogen-bond acceptors (Lipinski definition) is 4. The number of nitrogens with one attached hydrogen (secondary N) is 1. The molecule has 0 saturated heterocycles. The monoisotopic (exact) mass is 419 g/mol. The average Bonchev–Trinajstić information content (AvgIpc) is 2.58. The number of carbonyl (C=O) groups is 2. The van der Waals surface area contributed by atoms with Crippen LogP contribution in [0.3, 0.4) is 0 Å². The maximum absolute atomic E-state index is 12.6. The second-order valence-corrected chi connectivity index (χ2v) is 7.11. The summed E-state index contributed by atoms with van der Waals surface area (Å²) in [7, 11) is 0. The van der Waals surface area contributed by atoms with Gasteiger partial charge in [0.25, 0.3) is 5.91 Å². The molecule has 2 rings (SSSR count). The van der Waals surface area contributed by atoms with Gasteiger partial charge < -0.3 is 14.8 Å². The van der Waals surface area contributed by atoms with E-state index < -0.39 is 0 Å². The molecule has 0 heterocycles. The normalized spacial score (nSPS) is 10.7. The van der Waals surface area contributed by atoms with E-state index in [1.165, 1.54) is 0 Å². The van der Waals surface area contributed by atoms with Crippen LogP contribution in [0, 0.1) is 0 Å².